The Morgan fingerprint density at radius 1 is 1.03 bits per heavy atom. The van der Waals surface area contributed by atoms with Gasteiger partial charge in [-0.25, -0.2) is 4.68 Å². The average molecular weight is 493 g/mol. The highest BCUT2D eigenvalue weighted by Crippen LogP contribution is 2.36. The number of para-hydroxylation sites is 1. The molecule has 184 valence electrons. The Hall–Kier alpha value is -2.90. The summed E-state index contributed by atoms with van der Waals surface area (Å²) in [6.07, 6.45) is 3.58. The zero-order valence-corrected chi connectivity index (χ0v) is 21.2. The van der Waals surface area contributed by atoms with Crippen LogP contribution in [0.2, 0.25) is 5.02 Å². The number of carbonyl (C=O) groups excluding carboxylic acids is 1. The van der Waals surface area contributed by atoms with Gasteiger partial charge in [-0.15, -0.1) is 5.10 Å². The monoisotopic (exact) mass is 492 g/mol. The predicted molar refractivity (Wildman–Crippen MR) is 139 cm³/mol. The third kappa shape index (κ3) is 5.21. The van der Waals surface area contributed by atoms with Crippen molar-refractivity contribution in [2.75, 3.05) is 44.2 Å². The van der Waals surface area contributed by atoms with Crippen LogP contribution >= 0.6 is 11.6 Å². The molecule has 7 nitrogen and oxygen atoms in total. The van der Waals surface area contributed by atoms with E-state index in [0.29, 0.717) is 12.6 Å². The second-order valence-electron chi connectivity index (χ2n) is 9.85. The molecule has 2 aromatic carbocycles. The van der Waals surface area contributed by atoms with Crippen LogP contribution in [0.5, 0.6) is 0 Å². The van der Waals surface area contributed by atoms with E-state index in [1.165, 1.54) is 16.8 Å². The number of aromatic nitrogens is 3. The number of rotatable bonds is 6. The van der Waals surface area contributed by atoms with Crippen LogP contribution < -0.4 is 4.90 Å². The normalized spacial score (nSPS) is 21.1. The molecule has 8 heteroatoms. The molecule has 0 radical (unpaired) electrons. The Labute approximate surface area is 212 Å². The molecule has 0 aliphatic carbocycles. The third-order valence-corrected chi connectivity index (χ3v) is 7.67. The van der Waals surface area contributed by atoms with Crippen LogP contribution in [0.4, 0.5) is 5.69 Å². The smallest absolute Gasteiger partial charge is 0.227 e. The van der Waals surface area contributed by atoms with Gasteiger partial charge in [-0.1, -0.05) is 47.1 Å². The fraction of sp³-hybridized carbons (Fsp3) is 0.444. The lowest BCUT2D eigenvalue weighted by molar-refractivity contribution is -0.135. The molecule has 35 heavy (non-hydrogen) atoms. The van der Waals surface area contributed by atoms with E-state index in [4.69, 9.17) is 11.6 Å². The van der Waals surface area contributed by atoms with Crippen molar-refractivity contribution < 1.29 is 4.79 Å². The standard InChI is InChI=1S/C27H33ClN6O/c1-20(2)33-18-24(21-7-9-23(28)10-8-21)25(19-33)27(35)32-15-13-31(14-16-32)26-6-4-3-5-22(26)17-34-12-11-29-30-34/h3-12,20,24-25H,13-19H2,1-2H3/t24-,25+/m0/s1. The van der Waals surface area contributed by atoms with E-state index in [2.05, 4.69) is 75.3 Å². The average Bonchev–Trinajstić information content (AvgIpc) is 3.55. The highest BCUT2D eigenvalue weighted by Gasteiger charge is 2.41. The summed E-state index contributed by atoms with van der Waals surface area (Å²) in [6.45, 7) is 9.95. The van der Waals surface area contributed by atoms with Crippen LogP contribution in [0.15, 0.2) is 60.9 Å². The van der Waals surface area contributed by atoms with Gasteiger partial charge in [0.25, 0.3) is 0 Å². The number of likely N-dealkylation sites (tertiary alicyclic amines) is 1. The van der Waals surface area contributed by atoms with Gasteiger partial charge >= 0.3 is 0 Å². The molecule has 0 N–H and O–H groups in total. The second kappa shape index (κ2) is 10.4. The van der Waals surface area contributed by atoms with Crippen molar-refractivity contribution in [3.63, 3.8) is 0 Å². The van der Waals surface area contributed by atoms with Gasteiger partial charge in [0.2, 0.25) is 5.91 Å². The maximum atomic E-state index is 13.8. The summed E-state index contributed by atoms with van der Waals surface area (Å²) in [4.78, 5) is 20.7. The molecule has 2 saturated heterocycles. The van der Waals surface area contributed by atoms with Gasteiger partial charge in [0, 0.05) is 68.1 Å². The number of hydrogen-bond acceptors (Lipinski definition) is 5. The zero-order chi connectivity index (χ0) is 24.4. The van der Waals surface area contributed by atoms with Crippen LogP contribution in [-0.4, -0.2) is 76.0 Å². The largest absolute Gasteiger partial charge is 0.368 e. The molecule has 0 saturated carbocycles. The first-order chi connectivity index (χ1) is 17.0. The number of benzene rings is 2. The number of anilines is 1. The fourth-order valence-electron chi connectivity index (χ4n) is 5.40. The first kappa shape index (κ1) is 23.8. The zero-order valence-electron chi connectivity index (χ0n) is 20.4. The van der Waals surface area contributed by atoms with E-state index >= 15 is 0 Å². The lowest BCUT2D eigenvalue weighted by Gasteiger charge is -2.38. The number of halogens is 1. The van der Waals surface area contributed by atoms with Crippen molar-refractivity contribution in [2.45, 2.75) is 32.4 Å². The van der Waals surface area contributed by atoms with Crippen LogP contribution in [0.25, 0.3) is 0 Å². The van der Waals surface area contributed by atoms with Crippen molar-refractivity contribution >= 4 is 23.2 Å². The van der Waals surface area contributed by atoms with Gasteiger partial charge in [-0.3, -0.25) is 9.69 Å². The molecule has 0 spiro atoms. The topological polar surface area (TPSA) is 57.5 Å². The molecule has 1 amide bonds. The maximum Gasteiger partial charge on any atom is 0.227 e. The van der Waals surface area contributed by atoms with Crippen LogP contribution in [0, 0.1) is 5.92 Å². The van der Waals surface area contributed by atoms with E-state index < -0.39 is 0 Å². The molecule has 1 aromatic heterocycles. The van der Waals surface area contributed by atoms with Crippen molar-refractivity contribution in [3.05, 3.63) is 77.1 Å². The van der Waals surface area contributed by atoms with Crippen LogP contribution in [0.1, 0.15) is 30.9 Å². The van der Waals surface area contributed by atoms with Gasteiger partial charge in [0.15, 0.2) is 0 Å². The van der Waals surface area contributed by atoms with Gasteiger partial charge in [-0.2, -0.15) is 0 Å². The molecule has 0 bridgehead atoms. The molecule has 5 rings (SSSR count). The number of carbonyl (C=O) groups is 1. The quantitative estimate of drug-likeness (QED) is 0.524. The van der Waals surface area contributed by atoms with E-state index in [0.717, 1.165) is 44.3 Å². The molecular weight excluding hydrogens is 460 g/mol. The van der Waals surface area contributed by atoms with Gasteiger partial charge < -0.3 is 9.80 Å². The summed E-state index contributed by atoms with van der Waals surface area (Å²) in [5.74, 6) is 0.456. The Bertz CT molecular complexity index is 1120. The summed E-state index contributed by atoms with van der Waals surface area (Å²) in [5, 5.41) is 8.77. The summed E-state index contributed by atoms with van der Waals surface area (Å²) in [5.41, 5.74) is 3.63. The minimum absolute atomic E-state index is 0.0234. The van der Waals surface area contributed by atoms with E-state index in [1.54, 1.807) is 6.20 Å². The van der Waals surface area contributed by atoms with Crippen molar-refractivity contribution in [2.24, 2.45) is 5.92 Å². The SMILES string of the molecule is CC(C)N1C[C@@H](C(=O)N2CCN(c3ccccc3Cn3ccnn3)CC2)[C@H](c2ccc(Cl)cc2)C1. The first-order valence-corrected chi connectivity index (χ1v) is 12.8. The predicted octanol–water partition coefficient (Wildman–Crippen LogP) is 3.75. The molecule has 3 aromatic rings. The first-order valence-electron chi connectivity index (χ1n) is 12.4. The fourth-order valence-corrected chi connectivity index (χ4v) is 5.53. The Balaban J connectivity index is 1.27. The van der Waals surface area contributed by atoms with E-state index in [1.807, 2.05) is 23.0 Å². The third-order valence-electron chi connectivity index (χ3n) is 7.42. The Morgan fingerprint density at radius 3 is 2.46 bits per heavy atom. The molecular formula is C27H33ClN6O. The minimum atomic E-state index is -0.0234. The lowest BCUT2D eigenvalue weighted by Crippen LogP contribution is -2.51. The van der Waals surface area contributed by atoms with E-state index in [9.17, 15) is 4.79 Å². The molecule has 2 aliphatic rings. The van der Waals surface area contributed by atoms with Gasteiger partial charge in [0.05, 0.1) is 18.7 Å². The lowest BCUT2D eigenvalue weighted by atomic mass is 9.88. The van der Waals surface area contributed by atoms with Crippen LogP contribution in [-0.2, 0) is 11.3 Å². The Morgan fingerprint density at radius 2 is 1.77 bits per heavy atom. The van der Waals surface area contributed by atoms with Crippen molar-refractivity contribution in [1.82, 2.24) is 24.8 Å². The van der Waals surface area contributed by atoms with Crippen molar-refractivity contribution in [3.8, 4) is 0 Å². The second-order valence-corrected chi connectivity index (χ2v) is 10.3. The maximum absolute atomic E-state index is 13.8. The summed E-state index contributed by atoms with van der Waals surface area (Å²) in [6, 6.07) is 16.9. The molecule has 2 fully saturated rings. The number of piperazine rings is 1. The number of hydrogen-bond donors (Lipinski definition) is 0. The van der Waals surface area contributed by atoms with Crippen molar-refractivity contribution in [1.29, 1.82) is 0 Å². The number of amides is 1. The molecule has 2 aliphatic heterocycles. The van der Waals surface area contributed by atoms with Crippen LogP contribution in [0.3, 0.4) is 0 Å². The highest BCUT2D eigenvalue weighted by atomic mass is 35.5. The molecule has 2 atom stereocenters. The highest BCUT2D eigenvalue weighted by molar-refractivity contribution is 6.30. The van der Waals surface area contributed by atoms with Gasteiger partial charge in [-0.05, 0) is 43.2 Å². The Kier molecular flexibility index (Phi) is 7.07. The summed E-state index contributed by atoms with van der Waals surface area (Å²) < 4.78 is 1.84. The molecule has 3 heterocycles. The summed E-state index contributed by atoms with van der Waals surface area (Å²) in [7, 11) is 0. The van der Waals surface area contributed by atoms with E-state index in [-0.39, 0.29) is 17.7 Å². The molecule has 0 unspecified atom stereocenters. The summed E-state index contributed by atoms with van der Waals surface area (Å²) >= 11 is 6.13. The minimum Gasteiger partial charge on any atom is -0.368 e. The van der Waals surface area contributed by atoms with Gasteiger partial charge in [0.1, 0.15) is 0 Å². The number of nitrogens with zero attached hydrogens (tertiary/aromatic N) is 6.